The molecule has 19 heavy (non-hydrogen) atoms. The molecular weight excluding hydrogens is 262 g/mol. The van der Waals surface area contributed by atoms with E-state index in [1.165, 1.54) is 18.9 Å². The molecule has 1 rings (SSSR count). The van der Waals surface area contributed by atoms with Gasteiger partial charge in [0.1, 0.15) is 6.04 Å². The Bertz CT molecular complexity index is 474. The number of hydrogen-bond donors (Lipinski definition) is 1. The van der Waals surface area contributed by atoms with Gasteiger partial charge in [-0.2, -0.15) is 0 Å². The zero-order valence-corrected chi connectivity index (χ0v) is 12.4. The molecule has 1 atom stereocenters. The van der Waals surface area contributed by atoms with Crippen LogP contribution in [0.2, 0.25) is 0 Å². The van der Waals surface area contributed by atoms with Gasteiger partial charge in [-0.25, -0.2) is 4.79 Å². The minimum atomic E-state index is -1.01. The highest BCUT2D eigenvalue weighted by molar-refractivity contribution is 8.00. The van der Waals surface area contributed by atoms with Crippen LogP contribution < -0.4 is 0 Å². The van der Waals surface area contributed by atoms with Crippen molar-refractivity contribution in [2.75, 3.05) is 7.05 Å². The Morgan fingerprint density at radius 2 is 1.79 bits per heavy atom. The molecule has 0 spiro atoms. The van der Waals surface area contributed by atoms with E-state index in [0.29, 0.717) is 10.8 Å². The lowest BCUT2D eigenvalue weighted by Crippen LogP contribution is -2.40. The molecule has 0 aromatic heterocycles. The summed E-state index contributed by atoms with van der Waals surface area (Å²) in [5, 5.41) is 9.32. The second-order valence-corrected chi connectivity index (χ2v) is 6.21. The number of hydrogen-bond acceptors (Lipinski definition) is 3. The molecule has 0 heterocycles. The van der Waals surface area contributed by atoms with Crippen LogP contribution >= 0.6 is 11.8 Å². The smallest absolute Gasteiger partial charge is 0.326 e. The molecule has 1 unspecified atom stereocenters. The topological polar surface area (TPSA) is 57.6 Å². The molecule has 0 saturated carbocycles. The highest BCUT2D eigenvalue weighted by Gasteiger charge is 2.24. The summed E-state index contributed by atoms with van der Waals surface area (Å²) >= 11 is 1.60. The molecule has 0 saturated heterocycles. The van der Waals surface area contributed by atoms with Crippen molar-refractivity contribution in [3.8, 4) is 0 Å². The second kappa shape index (κ2) is 6.61. The summed E-state index contributed by atoms with van der Waals surface area (Å²) in [6, 6.07) is 6.44. The van der Waals surface area contributed by atoms with Gasteiger partial charge >= 0.3 is 5.97 Å². The Morgan fingerprint density at radius 3 is 2.32 bits per heavy atom. The van der Waals surface area contributed by atoms with Gasteiger partial charge in [-0.3, -0.25) is 4.79 Å². The Labute approximate surface area is 117 Å². The van der Waals surface area contributed by atoms with E-state index in [2.05, 4.69) is 13.8 Å². The fraction of sp³-hybridized carbons (Fsp3) is 0.429. The summed E-state index contributed by atoms with van der Waals surface area (Å²) in [4.78, 5) is 25.4. The number of aliphatic carboxylic acids is 1. The maximum atomic E-state index is 12.3. The van der Waals surface area contributed by atoms with Crippen LogP contribution in [0.15, 0.2) is 29.2 Å². The fourth-order valence-corrected chi connectivity index (χ4v) is 2.48. The van der Waals surface area contributed by atoms with Crippen LogP contribution in [0.1, 0.15) is 31.1 Å². The van der Waals surface area contributed by atoms with E-state index >= 15 is 0 Å². The lowest BCUT2D eigenvalue weighted by Gasteiger charge is -2.22. The summed E-state index contributed by atoms with van der Waals surface area (Å²) in [6.07, 6.45) is 0. The van der Waals surface area contributed by atoms with Gasteiger partial charge in [0.25, 0.3) is 5.91 Å². The molecule has 1 N–H and O–H groups in total. The van der Waals surface area contributed by atoms with Crippen LogP contribution in [-0.4, -0.2) is 40.2 Å². The number of carboxylic acids is 1. The number of thioether (sulfide) groups is 1. The van der Waals surface area contributed by atoms with Crippen molar-refractivity contribution in [1.82, 2.24) is 4.90 Å². The van der Waals surface area contributed by atoms with Crippen LogP contribution in [0, 0.1) is 0 Å². The lowest BCUT2D eigenvalue weighted by atomic mass is 10.2. The van der Waals surface area contributed by atoms with Crippen LogP contribution in [-0.2, 0) is 4.79 Å². The monoisotopic (exact) mass is 281 g/mol. The molecule has 1 amide bonds. The van der Waals surface area contributed by atoms with Gasteiger partial charge in [-0.05, 0) is 19.1 Å². The van der Waals surface area contributed by atoms with Gasteiger partial charge in [-0.15, -0.1) is 11.8 Å². The lowest BCUT2D eigenvalue weighted by molar-refractivity contribution is -0.141. The molecule has 0 aliphatic carbocycles. The summed E-state index contributed by atoms with van der Waals surface area (Å²) < 4.78 is 0. The highest BCUT2D eigenvalue weighted by Crippen LogP contribution is 2.27. The number of carbonyl (C=O) groups excluding carboxylic acids is 1. The average Bonchev–Trinajstić information content (AvgIpc) is 2.36. The number of rotatable bonds is 5. The molecule has 0 radical (unpaired) electrons. The number of amides is 1. The molecule has 4 nitrogen and oxygen atoms in total. The van der Waals surface area contributed by atoms with Crippen molar-refractivity contribution < 1.29 is 14.7 Å². The SMILES string of the molecule is CC(C)Sc1ccccc1C(=O)N(C)C(C)C(=O)O. The van der Waals surface area contributed by atoms with E-state index in [1.807, 2.05) is 12.1 Å². The first-order valence-corrected chi connectivity index (χ1v) is 6.98. The van der Waals surface area contributed by atoms with E-state index in [0.717, 1.165) is 4.90 Å². The Balaban J connectivity index is 3.02. The zero-order valence-electron chi connectivity index (χ0n) is 11.6. The van der Waals surface area contributed by atoms with Crippen molar-refractivity contribution in [3.63, 3.8) is 0 Å². The predicted molar refractivity (Wildman–Crippen MR) is 76.6 cm³/mol. The Morgan fingerprint density at radius 1 is 1.21 bits per heavy atom. The number of likely N-dealkylation sites (N-methyl/N-ethyl adjacent to an activating group) is 1. The van der Waals surface area contributed by atoms with Crippen molar-refractivity contribution in [2.24, 2.45) is 0 Å². The molecular formula is C14H19NO3S. The van der Waals surface area contributed by atoms with E-state index < -0.39 is 12.0 Å². The van der Waals surface area contributed by atoms with Crippen LogP contribution in [0.25, 0.3) is 0 Å². The number of nitrogens with zero attached hydrogens (tertiary/aromatic N) is 1. The summed E-state index contributed by atoms with van der Waals surface area (Å²) in [5.74, 6) is -1.27. The standard InChI is InChI=1S/C14H19NO3S/c1-9(2)19-12-8-6-5-7-11(12)13(16)15(4)10(3)14(17)18/h5-10H,1-4H3,(H,17,18). The molecule has 0 bridgehead atoms. The first-order valence-electron chi connectivity index (χ1n) is 6.10. The maximum absolute atomic E-state index is 12.3. The summed E-state index contributed by atoms with van der Waals surface area (Å²) in [6.45, 7) is 5.60. The zero-order chi connectivity index (χ0) is 14.6. The van der Waals surface area contributed by atoms with Crippen molar-refractivity contribution >= 4 is 23.6 Å². The Hall–Kier alpha value is -1.49. The quantitative estimate of drug-likeness (QED) is 0.843. The van der Waals surface area contributed by atoms with Gasteiger partial charge in [-0.1, -0.05) is 26.0 Å². The normalized spacial score (nSPS) is 12.3. The number of carbonyl (C=O) groups is 2. The van der Waals surface area contributed by atoms with Gasteiger partial charge < -0.3 is 10.0 Å². The van der Waals surface area contributed by atoms with Crippen molar-refractivity contribution in [3.05, 3.63) is 29.8 Å². The van der Waals surface area contributed by atoms with Gasteiger partial charge in [0, 0.05) is 17.2 Å². The van der Waals surface area contributed by atoms with Crippen LogP contribution in [0.5, 0.6) is 0 Å². The third kappa shape index (κ3) is 3.99. The third-order valence-electron chi connectivity index (χ3n) is 2.74. The number of carboxylic acid groups (broad SMARTS) is 1. The second-order valence-electron chi connectivity index (χ2n) is 4.59. The van der Waals surface area contributed by atoms with Crippen LogP contribution in [0.4, 0.5) is 0 Å². The minimum absolute atomic E-state index is 0.265. The largest absolute Gasteiger partial charge is 0.480 e. The Kier molecular flexibility index (Phi) is 5.42. The summed E-state index contributed by atoms with van der Waals surface area (Å²) in [7, 11) is 1.51. The molecule has 5 heteroatoms. The molecule has 1 aromatic carbocycles. The number of benzene rings is 1. The van der Waals surface area contributed by atoms with Gasteiger partial charge in [0.05, 0.1) is 5.56 Å². The van der Waals surface area contributed by atoms with E-state index in [9.17, 15) is 9.59 Å². The summed E-state index contributed by atoms with van der Waals surface area (Å²) in [5.41, 5.74) is 0.553. The molecule has 0 aliphatic heterocycles. The molecule has 104 valence electrons. The van der Waals surface area contributed by atoms with Gasteiger partial charge in [0.2, 0.25) is 0 Å². The third-order valence-corrected chi connectivity index (χ3v) is 3.82. The molecule has 0 fully saturated rings. The average molecular weight is 281 g/mol. The van der Waals surface area contributed by atoms with Crippen molar-refractivity contribution in [2.45, 2.75) is 37.0 Å². The maximum Gasteiger partial charge on any atom is 0.326 e. The van der Waals surface area contributed by atoms with Crippen LogP contribution in [0.3, 0.4) is 0 Å². The molecule has 1 aromatic rings. The fourth-order valence-electron chi connectivity index (χ4n) is 1.53. The van der Waals surface area contributed by atoms with E-state index in [-0.39, 0.29) is 5.91 Å². The minimum Gasteiger partial charge on any atom is -0.480 e. The van der Waals surface area contributed by atoms with E-state index in [4.69, 9.17) is 5.11 Å². The first-order chi connectivity index (χ1) is 8.84. The van der Waals surface area contributed by atoms with Gasteiger partial charge in [0.15, 0.2) is 0 Å². The highest BCUT2D eigenvalue weighted by atomic mass is 32.2. The predicted octanol–water partition coefficient (Wildman–Crippen LogP) is 2.73. The van der Waals surface area contributed by atoms with E-state index in [1.54, 1.807) is 23.9 Å². The molecule has 0 aliphatic rings. The van der Waals surface area contributed by atoms with Crippen molar-refractivity contribution in [1.29, 1.82) is 0 Å². The first kappa shape index (κ1) is 15.6.